The predicted octanol–water partition coefficient (Wildman–Crippen LogP) is 4.20. The Bertz CT molecular complexity index is 351. The fourth-order valence-electron chi connectivity index (χ4n) is 1.67. The van der Waals surface area contributed by atoms with E-state index in [1.54, 1.807) is 12.1 Å². The van der Waals surface area contributed by atoms with Crippen LogP contribution in [0, 0.1) is 12.7 Å². The van der Waals surface area contributed by atoms with E-state index < -0.39 is 17.3 Å². The maximum Gasteiger partial charge on any atom is 0.273 e. The van der Waals surface area contributed by atoms with Crippen molar-refractivity contribution in [1.29, 1.82) is 0 Å². The summed E-state index contributed by atoms with van der Waals surface area (Å²) < 4.78 is 40.1. The zero-order valence-corrected chi connectivity index (χ0v) is 9.20. The first kappa shape index (κ1) is 12.1. The van der Waals surface area contributed by atoms with Crippen molar-refractivity contribution >= 4 is 0 Å². The molecule has 1 aromatic carbocycles. The summed E-state index contributed by atoms with van der Waals surface area (Å²) >= 11 is 0. The van der Waals surface area contributed by atoms with Crippen LogP contribution >= 0.6 is 0 Å². The molecule has 0 bridgehead atoms. The number of aryl methyl sites for hydroxylation is 2. The Balaban J connectivity index is 3.35. The zero-order valence-electron chi connectivity index (χ0n) is 9.20. The molecule has 0 aliphatic heterocycles. The van der Waals surface area contributed by atoms with Crippen LogP contribution in [0.5, 0.6) is 0 Å². The van der Waals surface area contributed by atoms with Gasteiger partial charge < -0.3 is 0 Å². The number of halogens is 3. The van der Waals surface area contributed by atoms with Crippen LogP contribution in [-0.2, 0) is 12.3 Å². The van der Waals surface area contributed by atoms with E-state index in [1.165, 1.54) is 6.92 Å². The Labute approximate surface area is 88.1 Å². The molecule has 0 aliphatic carbocycles. The van der Waals surface area contributed by atoms with Crippen molar-refractivity contribution in [3.63, 3.8) is 0 Å². The van der Waals surface area contributed by atoms with Crippen molar-refractivity contribution in [2.24, 2.45) is 0 Å². The van der Waals surface area contributed by atoms with Crippen LogP contribution in [0.3, 0.4) is 0 Å². The van der Waals surface area contributed by atoms with E-state index in [0.29, 0.717) is 12.0 Å². The molecular formula is C12H15F3. The Morgan fingerprint density at radius 1 is 1.27 bits per heavy atom. The molecule has 0 saturated heterocycles. The van der Waals surface area contributed by atoms with Gasteiger partial charge in [0.1, 0.15) is 5.82 Å². The summed E-state index contributed by atoms with van der Waals surface area (Å²) in [5.74, 6) is -3.88. The first-order chi connectivity index (χ1) is 6.88. The van der Waals surface area contributed by atoms with Crippen molar-refractivity contribution < 1.29 is 13.2 Å². The molecule has 0 fully saturated rings. The van der Waals surface area contributed by atoms with Crippen molar-refractivity contribution in [2.45, 2.75) is 39.5 Å². The van der Waals surface area contributed by atoms with Gasteiger partial charge in [0.05, 0.1) is 5.56 Å². The third-order valence-corrected chi connectivity index (χ3v) is 2.38. The lowest BCUT2D eigenvalue weighted by Crippen LogP contribution is -2.14. The Morgan fingerprint density at radius 3 is 2.33 bits per heavy atom. The highest BCUT2D eigenvalue weighted by Crippen LogP contribution is 2.34. The van der Waals surface area contributed by atoms with Gasteiger partial charge in [0, 0.05) is 6.92 Å². The summed E-state index contributed by atoms with van der Waals surface area (Å²) in [6.45, 7) is 4.12. The Morgan fingerprint density at radius 2 is 1.87 bits per heavy atom. The number of benzene rings is 1. The van der Waals surface area contributed by atoms with E-state index in [-0.39, 0.29) is 5.56 Å². The SMILES string of the molecule is CCCc1ccc(C)c(F)c1C(C)(F)F. The second kappa shape index (κ2) is 4.25. The van der Waals surface area contributed by atoms with Crippen LogP contribution in [0.4, 0.5) is 13.2 Å². The van der Waals surface area contributed by atoms with E-state index >= 15 is 0 Å². The van der Waals surface area contributed by atoms with Gasteiger partial charge in [-0.25, -0.2) is 13.2 Å². The van der Waals surface area contributed by atoms with Gasteiger partial charge in [-0.15, -0.1) is 0 Å². The molecule has 0 saturated carbocycles. The van der Waals surface area contributed by atoms with Gasteiger partial charge in [-0.3, -0.25) is 0 Å². The van der Waals surface area contributed by atoms with E-state index in [2.05, 4.69) is 0 Å². The van der Waals surface area contributed by atoms with Crippen molar-refractivity contribution in [1.82, 2.24) is 0 Å². The molecule has 0 nitrogen and oxygen atoms in total. The van der Waals surface area contributed by atoms with Gasteiger partial charge in [-0.2, -0.15) is 0 Å². The third-order valence-electron chi connectivity index (χ3n) is 2.38. The van der Waals surface area contributed by atoms with E-state index in [9.17, 15) is 13.2 Å². The van der Waals surface area contributed by atoms with E-state index in [0.717, 1.165) is 13.3 Å². The number of hydrogen-bond acceptors (Lipinski definition) is 0. The molecule has 0 unspecified atom stereocenters. The molecule has 0 heterocycles. The van der Waals surface area contributed by atoms with Crippen LogP contribution in [0.2, 0.25) is 0 Å². The Kier molecular flexibility index (Phi) is 3.42. The average Bonchev–Trinajstić information content (AvgIpc) is 2.10. The lowest BCUT2D eigenvalue weighted by molar-refractivity contribution is 0.0126. The second-order valence-corrected chi connectivity index (χ2v) is 3.87. The molecule has 0 N–H and O–H groups in total. The molecule has 15 heavy (non-hydrogen) atoms. The first-order valence-electron chi connectivity index (χ1n) is 5.04. The summed E-state index contributed by atoms with van der Waals surface area (Å²) in [5, 5.41) is 0. The molecule has 0 aromatic heterocycles. The summed E-state index contributed by atoms with van der Waals surface area (Å²) in [5.41, 5.74) is 0.240. The largest absolute Gasteiger partial charge is 0.273 e. The van der Waals surface area contributed by atoms with Gasteiger partial charge in [0.15, 0.2) is 0 Å². The normalized spacial score (nSPS) is 11.9. The Hall–Kier alpha value is -0.990. The molecular weight excluding hydrogens is 201 g/mol. The predicted molar refractivity (Wildman–Crippen MR) is 54.7 cm³/mol. The molecule has 84 valence electrons. The topological polar surface area (TPSA) is 0 Å². The quantitative estimate of drug-likeness (QED) is 0.710. The second-order valence-electron chi connectivity index (χ2n) is 3.87. The van der Waals surface area contributed by atoms with Crippen LogP contribution in [0.25, 0.3) is 0 Å². The van der Waals surface area contributed by atoms with Crippen LogP contribution in [0.1, 0.15) is 37.0 Å². The summed E-state index contributed by atoms with van der Waals surface area (Å²) in [4.78, 5) is 0. The maximum atomic E-state index is 13.6. The van der Waals surface area contributed by atoms with Gasteiger partial charge in [0.25, 0.3) is 5.92 Å². The molecule has 0 aliphatic rings. The van der Waals surface area contributed by atoms with E-state index in [4.69, 9.17) is 0 Å². The highest BCUT2D eigenvalue weighted by atomic mass is 19.3. The molecule has 1 rings (SSSR count). The maximum absolute atomic E-state index is 13.6. The molecule has 0 radical (unpaired) electrons. The van der Waals surface area contributed by atoms with Crippen molar-refractivity contribution in [3.05, 3.63) is 34.6 Å². The number of rotatable bonds is 3. The standard InChI is InChI=1S/C12H15F3/c1-4-5-9-7-6-8(2)11(13)10(9)12(3,14)15/h6-7H,4-5H2,1-3H3. The summed E-state index contributed by atoms with van der Waals surface area (Å²) in [6.07, 6.45) is 1.21. The lowest BCUT2D eigenvalue weighted by atomic mass is 9.96. The fourth-order valence-corrected chi connectivity index (χ4v) is 1.67. The average molecular weight is 216 g/mol. The minimum absolute atomic E-state index is 0.270. The lowest BCUT2D eigenvalue weighted by Gasteiger charge is -2.17. The molecule has 0 spiro atoms. The molecule has 0 amide bonds. The smallest absolute Gasteiger partial charge is 0.206 e. The van der Waals surface area contributed by atoms with Crippen molar-refractivity contribution in [3.8, 4) is 0 Å². The number of hydrogen-bond donors (Lipinski definition) is 0. The van der Waals surface area contributed by atoms with Crippen LogP contribution < -0.4 is 0 Å². The van der Waals surface area contributed by atoms with Crippen LogP contribution in [-0.4, -0.2) is 0 Å². The summed E-state index contributed by atoms with van der Waals surface area (Å²) in [6, 6.07) is 3.14. The zero-order chi connectivity index (χ0) is 11.6. The van der Waals surface area contributed by atoms with Gasteiger partial charge in [-0.05, 0) is 24.5 Å². The van der Waals surface area contributed by atoms with Gasteiger partial charge >= 0.3 is 0 Å². The fraction of sp³-hybridized carbons (Fsp3) is 0.500. The molecule has 1 aromatic rings. The molecule has 3 heteroatoms. The minimum atomic E-state index is -3.11. The molecule has 0 atom stereocenters. The number of alkyl halides is 2. The van der Waals surface area contributed by atoms with Crippen LogP contribution in [0.15, 0.2) is 12.1 Å². The van der Waals surface area contributed by atoms with E-state index in [1.807, 2.05) is 6.92 Å². The highest BCUT2D eigenvalue weighted by molar-refractivity contribution is 5.36. The first-order valence-corrected chi connectivity index (χ1v) is 5.04. The van der Waals surface area contributed by atoms with Gasteiger partial charge in [-0.1, -0.05) is 25.5 Å². The van der Waals surface area contributed by atoms with Crippen molar-refractivity contribution in [2.75, 3.05) is 0 Å². The monoisotopic (exact) mass is 216 g/mol. The highest BCUT2D eigenvalue weighted by Gasteiger charge is 2.31. The van der Waals surface area contributed by atoms with Gasteiger partial charge in [0.2, 0.25) is 0 Å². The minimum Gasteiger partial charge on any atom is -0.206 e. The summed E-state index contributed by atoms with van der Waals surface area (Å²) in [7, 11) is 0. The third kappa shape index (κ3) is 2.52.